The van der Waals surface area contributed by atoms with Crippen molar-refractivity contribution < 1.29 is 28.6 Å². The normalized spacial score (nSPS) is 11.9. The SMILES string of the molecule is CCOC(=O)/C=C\c1cc(-c2ccc(OC)cc2CNC(=O)C(N)CCCN=C(N)N)nc(-c2ccc(OC)cc2CNC(=O)C(N)CCCN=C(N)N)c1. The van der Waals surface area contributed by atoms with Crippen LogP contribution in [-0.4, -0.2) is 80.7 Å². The van der Waals surface area contributed by atoms with Gasteiger partial charge in [0, 0.05) is 43.4 Å². The highest BCUT2D eigenvalue weighted by Crippen LogP contribution is 2.32. The van der Waals surface area contributed by atoms with Crippen molar-refractivity contribution in [3.8, 4) is 34.0 Å². The van der Waals surface area contributed by atoms with Crippen LogP contribution < -0.4 is 54.5 Å². The first-order valence-corrected chi connectivity index (χ1v) is 17.7. The lowest BCUT2D eigenvalue weighted by Crippen LogP contribution is -2.40. The number of benzene rings is 2. The number of nitrogens with two attached hydrogens (primary N) is 6. The van der Waals surface area contributed by atoms with E-state index in [-0.39, 0.29) is 43.4 Å². The molecule has 0 saturated carbocycles. The van der Waals surface area contributed by atoms with E-state index in [9.17, 15) is 14.4 Å². The van der Waals surface area contributed by atoms with Crippen LogP contribution in [-0.2, 0) is 32.2 Å². The standard InChI is InChI=1S/C38H53N11O6/c1-4-55-34(50)14-9-23-17-32(28-12-10-26(53-2)19-24(28)21-47-35(51)30(39)7-5-15-45-37(41)42)49-33(18-23)29-13-11-27(54-3)20-25(29)22-48-36(52)31(40)8-6-16-46-38(43)44/h9-14,17-20,30-31H,4-8,15-16,21-22,39-40H2,1-3H3,(H,47,51)(H,48,52)(H4,41,42,45)(H4,43,44,46)/b14-9-. The molecule has 17 heteroatoms. The number of amides is 2. The summed E-state index contributed by atoms with van der Waals surface area (Å²) in [7, 11) is 3.09. The van der Waals surface area contributed by atoms with E-state index < -0.39 is 18.1 Å². The highest BCUT2D eigenvalue weighted by molar-refractivity contribution is 5.88. The molecule has 0 spiro atoms. The van der Waals surface area contributed by atoms with Crippen LogP contribution in [0.25, 0.3) is 28.6 Å². The van der Waals surface area contributed by atoms with Crippen molar-refractivity contribution in [2.45, 2.75) is 57.8 Å². The van der Waals surface area contributed by atoms with E-state index in [1.807, 2.05) is 24.3 Å². The summed E-state index contributed by atoms with van der Waals surface area (Å²) in [6.07, 6.45) is 4.78. The van der Waals surface area contributed by atoms with Gasteiger partial charge in [0.25, 0.3) is 0 Å². The Morgan fingerprint density at radius 2 is 1.20 bits per heavy atom. The Morgan fingerprint density at radius 3 is 1.60 bits per heavy atom. The number of rotatable bonds is 21. The maximum absolute atomic E-state index is 13.0. The molecule has 0 bridgehead atoms. The summed E-state index contributed by atoms with van der Waals surface area (Å²) in [4.78, 5) is 51.2. The van der Waals surface area contributed by atoms with E-state index in [0.717, 1.165) is 0 Å². The predicted octanol–water partition coefficient (Wildman–Crippen LogP) is 1.00. The number of carbonyl (C=O) groups is 3. The molecule has 296 valence electrons. The van der Waals surface area contributed by atoms with Gasteiger partial charge in [0.2, 0.25) is 11.8 Å². The summed E-state index contributed by atoms with van der Waals surface area (Å²) in [5, 5.41) is 5.83. The van der Waals surface area contributed by atoms with Gasteiger partial charge in [0.15, 0.2) is 11.9 Å². The molecule has 0 saturated heterocycles. The van der Waals surface area contributed by atoms with E-state index in [2.05, 4.69) is 20.6 Å². The lowest BCUT2D eigenvalue weighted by molar-refractivity contribution is -0.137. The number of esters is 1. The van der Waals surface area contributed by atoms with Gasteiger partial charge in [0.1, 0.15) is 11.5 Å². The van der Waals surface area contributed by atoms with Crippen molar-refractivity contribution in [1.29, 1.82) is 0 Å². The third-order valence-corrected chi connectivity index (χ3v) is 8.24. The molecule has 3 rings (SSSR count). The monoisotopic (exact) mass is 759 g/mol. The Balaban J connectivity index is 2.02. The number of hydrogen-bond acceptors (Lipinski definition) is 11. The van der Waals surface area contributed by atoms with Crippen molar-refractivity contribution in [2.24, 2.45) is 44.4 Å². The van der Waals surface area contributed by atoms with Crippen LogP contribution >= 0.6 is 0 Å². The average molecular weight is 760 g/mol. The molecule has 0 aliphatic carbocycles. The maximum Gasteiger partial charge on any atom is 0.330 e. The van der Waals surface area contributed by atoms with Gasteiger partial charge in [-0.3, -0.25) is 19.6 Å². The Morgan fingerprint density at radius 1 is 0.745 bits per heavy atom. The number of hydrogen-bond donors (Lipinski definition) is 8. The third kappa shape index (κ3) is 14.3. The number of aliphatic imine (C=N–C) groups is 2. The van der Waals surface area contributed by atoms with Gasteiger partial charge in [-0.1, -0.05) is 0 Å². The zero-order valence-corrected chi connectivity index (χ0v) is 31.5. The van der Waals surface area contributed by atoms with Crippen molar-refractivity contribution in [1.82, 2.24) is 15.6 Å². The first kappa shape index (κ1) is 43.2. The lowest BCUT2D eigenvalue weighted by atomic mass is 9.98. The number of carbonyl (C=O) groups excluding carboxylic acids is 3. The fourth-order valence-corrected chi connectivity index (χ4v) is 5.39. The predicted molar refractivity (Wildman–Crippen MR) is 213 cm³/mol. The number of guanidine groups is 2. The highest BCUT2D eigenvalue weighted by atomic mass is 16.5. The highest BCUT2D eigenvalue weighted by Gasteiger charge is 2.19. The zero-order valence-electron chi connectivity index (χ0n) is 31.5. The third-order valence-electron chi connectivity index (χ3n) is 8.24. The molecular formula is C38H53N11O6. The van der Waals surface area contributed by atoms with Gasteiger partial charge in [-0.05, 0) is 104 Å². The zero-order chi connectivity index (χ0) is 40.3. The molecule has 0 fully saturated rings. The van der Waals surface area contributed by atoms with Crippen molar-refractivity contribution in [3.63, 3.8) is 0 Å². The lowest BCUT2D eigenvalue weighted by Gasteiger charge is -2.17. The van der Waals surface area contributed by atoms with Gasteiger partial charge >= 0.3 is 5.97 Å². The molecule has 3 aromatic rings. The first-order valence-electron chi connectivity index (χ1n) is 17.7. The second kappa shape index (κ2) is 22.1. The van der Waals surface area contributed by atoms with E-state index in [1.165, 1.54) is 6.08 Å². The first-order chi connectivity index (χ1) is 26.3. The minimum atomic E-state index is -0.780. The Kier molecular flexibility index (Phi) is 17.4. The van der Waals surface area contributed by atoms with Crippen LogP contribution in [0, 0.1) is 0 Å². The number of pyridine rings is 1. The van der Waals surface area contributed by atoms with Crippen LogP contribution in [0.2, 0.25) is 0 Å². The molecule has 0 aliphatic rings. The summed E-state index contributed by atoms with van der Waals surface area (Å²) in [5.74, 6) is -0.125. The minimum Gasteiger partial charge on any atom is -0.497 e. The topological polar surface area (TPSA) is 297 Å². The smallest absolute Gasteiger partial charge is 0.330 e. The quantitative estimate of drug-likeness (QED) is 0.0248. The molecule has 17 nitrogen and oxygen atoms in total. The summed E-state index contributed by atoms with van der Waals surface area (Å²) < 4.78 is 16.1. The number of methoxy groups -OCH3 is 2. The number of aromatic nitrogens is 1. The van der Waals surface area contributed by atoms with Crippen LogP contribution in [0.1, 0.15) is 49.3 Å². The van der Waals surface area contributed by atoms with Crippen molar-refractivity contribution in [3.05, 3.63) is 71.3 Å². The largest absolute Gasteiger partial charge is 0.497 e. The van der Waals surface area contributed by atoms with Crippen LogP contribution in [0.5, 0.6) is 11.5 Å². The number of nitrogens with one attached hydrogen (secondary N) is 2. The molecule has 14 N–H and O–H groups in total. The Labute approximate surface area is 320 Å². The second-order valence-electron chi connectivity index (χ2n) is 12.3. The molecular weight excluding hydrogens is 706 g/mol. The fourth-order valence-electron chi connectivity index (χ4n) is 5.39. The van der Waals surface area contributed by atoms with E-state index >= 15 is 0 Å². The molecule has 2 aromatic carbocycles. The molecule has 1 heterocycles. The summed E-state index contributed by atoms with van der Waals surface area (Å²) in [5.41, 5.74) is 38.3. The van der Waals surface area contributed by atoms with Crippen molar-refractivity contribution >= 4 is 35.8 Å². The number of ether oxygens (including phenoxy) is 3. The molecule has 0 aliphatic heterocycles. The molecule has 2 amide bonds. The summed E-state index contributed by atoms with van der Waals surface area (Å²) >= 11 is 0. The Bertz CT molecular complexity index is 1740. The van der Waals surface area contributed by atoms with Gasteiger partial charge < -0.3 is 59.2 Å². The molecule has 55 heavy (non-hydrogen) atoms. The van der Waals surface area contributed by atoms with Crippen molar-refractivity contribution in [2.75, 3.05) is 33.9 Å². The number of nitrogens with zero attached hydrogens (tertiary/aromatic N) is 3. The fraction of sp³-hybridized carbons (Fsp3) is 0.368. The second-order valence-corrected chi connectivity index (χ2v) is 12.3. The molecule has 2 unspecified atom stereocenters. The van der Waals surface area contributed by atoms with Gasteiger partial charge in [0.05, 0.1) is 44.3 Å². The molecule has 2 atom stereocenters. The van der Waals surface area contributed by atoms with Crippen LogP contribution in [0.15, 0.2) is 64.6 Å². The Hall–Kier alpha value is -6.20. The van der Waals surface area contributed by atoms with Crippen LogP contribution in [0.4, 0.5) is 0 Å². The summed E-state index contributed by atoms with van der Waals surface area (Å²) in [6, 6.07) is 12.9. The van der Waals surface area contributed by atoms with Gasteiger partial charge in [-0.15, -0.1) is 0 Å². The van der Waals surface area contributed by atoms with Crippen LogP contribution in [0.3, 0.4) is 0 Å². The van der Waals surface area contributed by atoms with E-state index in [1.54, 1.807) is 51.5 Å². The molecule has 0 radical (unpaired) electrons. The van der Waals surface area contributed by atoms with E-state index in [4.69, 9.17) is 53.6 Å². The molecule has 1 aromatic heterocycles. The minimum absolute atomic E-state index is 0.0241. The van der Waals surface area contributed by atoms with Gasteiger partial charge in [-0.25, -0.2) is 9.78 Å². The van der Waals surface area contributed by atoms with E-state index in [0.29, 0.717) is 89.5 Å². The van der Waals surface area contributed by atoms with Gasteiger partial charge in [-0.2, -0.15) is 0 Å². The maximum atomic E-state index is 13.0. The average Bonchev–Trinajstić information content (AvgIpc) is 3.17. The summed E-state index contributed by atoms with van der Waals surface area (Å²) in [6.45, 7) is 2.88.